The summed E-state index contributed by atoms with van der Waals surface area (Å²) >= 11 is 0. The molecule has 6 nitrogen and oxygen atoms in total. The van der Waals surface area contributed by atoms with E-state index < -0.39 is 11.6 Å². The van der Waals surface area contributed by atoms with Gasteiger partial charge < -0.3 is 18.9 Å². The fraction of sp³-hybridized carbons (Fsp3) is 0.750. The average molecular weight is 314 g/mol. The number of ether oxygens (including phenoxy) is 4. The summed E-state index contributed by atoms with van der Waals surface area (Å²) in [7, 11) is 2.75. The summed E-state index contributed by atoms with van der Waals surface area (Å²) in [6, 6.07) is 0. The van der Waals surface area contributed by atoms with Gasteiger partial charge in [0.15, 0.2) is 6.79 Å². The minimum Gasteiger partial charge on any atom is -0.481 e. The van der Waals surface area contributed by atoms with Crippen molar-refractivity contribution in [1.82, 2.24) is 0 Å². The van der Waals surface area contributed by atoms with E-state index in [1.165, 1.54) is 14.2 Å². The SMILES string of the molecule is COCOC(=O)[C@@H]1[C@@H](C=C(OC(C)(C)C)C(=O)OC)C1(C)C. The van der Waals surface area contributed by atoms with E-state index in [4.69, 9.17) is 18.9 Å². The lowest BCUT2D eigenvalue weighted by atomic mass is 10.1. The molecule has 22 heavy (non-hydrogen) atoms. The first kappa shape index (κ1) is 18.5. The van der Waals surface area contributed by atoms with Crippen molar-refractivity contribution in [2.75, 3.05) is 21.0 Å². The molecule has 0 spiro atoms. The summed E-state index contributed by atoms with van der Waals surface area (Å²) in [6.45, 7) is 9.33. The molecule has 2 atom stereocenters. The zero-order chi connectivity index (χ0) is 17.1. The Balaban J connectivity index is 2.91. The smallest absolute Gasteiger partial charge is 0.373 e. The van der Waals surface area contributed by atoms with E-state index in [0.717, 1.165) is 0 Å². The first-order valence-corrected chi connectivity index (χ1v) is 7.19. The summed E-state index contributed by atoms with van der Waals surface area (Å²) in [4.78, 5) is 23.9. The molecule has 1 aliphatic carbocycles. The first-order chi connectivity index (χ1) is 10.0. The minimum atomic E-state index is -0.554. The van der Waals surface area contributed by atoms with E-state index >= 15 is 0 Å². The third-order valence-corrected chi connectivity index (χ3v) is 3.62. The van der Waals surface area contributed by atoms with Crippen LogP contribution < -0.4 is 0 Å². The fourth-order valence-corrected chi connectivity index (χ4v) is 2.38. The predicted octanol–water partition coefficient (Wildman–Crippen LogP) is 2.28. The first-order valence-electron chi connectivity index (χ1n) is 7.19. The Kier molecular flexibility index (Phi) is 5.62. The number of carbonyl (C=O) groups is 2. The molecule has 0 amide bonds. The van der Waals surface area contributed by atoms with Gasteiger partial charge >= 0.3 is 11.9 Å². The van der Waals surface area contributed by atoms with Gasteiger partial charge in [-0.05, 0) is 32.3 Å². The summed E-state index contributed by atoms with van der Waals surface area (Å²) in [5.41, 5.74) is -0.837. The molecule has 1 rings (SSSR count). The fourth-order valence-electron chi connectivity index (χ4n) is 2.38. The monoisotopic (exact) mass is 314 g/mol. The van der Waals surface area contributed by atoms with Gasteiger partial charge in [0, 0.05) is 13.0 Å². The Hall–Kier alpha value is -1.56. The summed E-state index contributed by atoms with van der Waals surface area (Å²) in [6.07, 6.45) is 1.66. The van der Waals surface area contributed by atoms with Crippen molar-refractivity contribution < 1.29 is 28.5 Å². The van der Waals surface area contributed by atoms with Gasteiger partial charge in [-0.2, -0.15) is 0 Å². The molecule has 0 aromatic rings. The Labute approximate surface area is 131 Å². The highest BCUT2D eigenvalue weighted by Gasteiger charge is 2.62. The van der Waals surface area contributed by atoms with Gasteiger partial charge in [-0.1, -0.05) is 13.8 Å². The van der Waals surface area contributed by atoms with E-state index in [-0.39, 0.29) is 35.8 Å². The van der Waals surface area contributed by atoms with Gasteiger partial charge in [0.25, 0.3) is 0 Å². The van der Waals surface area contributed by atoms with Crippen LogP contribution in [0.4, 0.5) is 0 Å². The van der Waals surface area contributed by atoms with Crippen molar-refractivity contribution in [1.29, 1.82) is 0 Å². The lowest BCUT2D eigenvalue weighted by Gasteiger charge is -2.22. The molecule has 126 valence electrons. The largest absolute Gasteiger partial charge is 0.481 e. The third-order valence-electron chi connectivity index (χ3n) is 3.62. The Morgan fingerprint density at radius 2 is 1.77 bits per heavy atom. The predicted molar refractivity (Wildman–Crippen MR) is 79.7 cm³/mol. The van der Waals surface area contributed by atoms with Crippen molar-refractivity contribution >= 4 is 11.9 Å². The van der Waals surface area contributed by atoms with Crippen LogP contribution in [0.25, 0.3) is 0 Å². The Morgan fingerprint density at radius 1 is 1.18 bits per heavy atom. The second-order valence-electron chi connectivity index (χ2n) is 6.93. The highest BCUT2D eigenvalue weighted by molar-refractivity contribution is 5.87. The van der Waals surface area contributed by atoms with Gasteiger partial charge in [-0.25, -0.2) is 4.79 Å². The van der Waals surface area contributed by atoms with Crippen molar-refractivity contribution in [2.45, 2.75) is 40.2 Å². The van der Waals surface area contributed by atoms with Crippen LogP contribution in [0.5, 0.6) is 0 Å². The highest BCUT2D eigenvalue weighted by Crippen LogP contribution is 2.60. The van der Waals surface area contributed by atoms with Gasteiger partial charge in [-0.15, -0.1) is 0 Å². The van der Waals surface area contributed by atoms with Crippen LogP contribution in [0.2, 0.25) is 0 Å². The normalized spacial score (nSPS) is 23.7. The van der Waals surface area contributed by atoms with Crippen LogP contribution in [0, 0.1) is 17.3 Å². The minimum absolute atomic E-state index is 0.0792. The Bertz CT molecular complexity index is 458. The second kappa shape index (κ2) is 6.69. The number of methoxy groups -OCH3 is 2. The molecular weight excluding hydrogens is 288 g/mol. The summed E-state index contributed by atoms with van der Waals surface area (Å²) in [5, 5.41) is 0. The maximum Gasteiger partial charge on any atom is 0.373 e. The molecule has 0 heterocycles. The molecule has 0 aromatic heterocycles. The maximum atomic E-state index is 12.0. The molecule has 0 aromatic carbocycles. The van der Waals surface area contributed by atoms with Crippen molar-refractivity contribution in [3.8, 4) is 0 Å². The topological polar surface area (TPSA) is 71.1 Å². The molecule has 0 N–H and O–H groups in total. The van der Waals surface area contributed by atoms with Crippen LogP contribution in [0.3, 0.4) is 0 Å². The second-order valence-corrected chi connectivity index (χ2v) is 6.93. The van der Waals surface area contributed by atoms with Crippen molar-refractivity contribution in [2.24, 2.45) is 17.3 Å². The molecule has 0 radical (unpaired) electrons. The van der Waals surface area contributed by atoms with Gasteiger partial charge in [-0.3, -0.25) is 4.79 Å². The standard InChI is InChI=1S/C16H26O6/c1-15(2,3)22-11(13(17)20-7)8-10-12(16(10,4)5)14(18)21-9-19-6/h8,10,12H,9H2,1-7H3/t10-,12+/m1/s1. The number of rotatable bonds is 6. The molecule has 1 fully saturated rings. The molecule has 0 bridgehead atoms. The number of carbonyl (C=O) groups excluding carboxylic acids is 2. The summed E-state index contributed by atoms with van der Waals surface area (Å²) < 4.78 is 20.1. The molecule has 0 aliphatic heterocycles. The summed E-state index contributed by atoms with van der Waals surface area (Å²) in [5.74, 6) is -1.25. The Morgan fingerprint density at radius 3 is 2.23 bits per heavy atom. The highest BCUT2D eigenvalue weighted by atomic mass is 16.7. The number of allylic oxidation sites excluding steroid dienone is 1. The zero-order valence-electron chi connectivity index (χ0n) is 14.4. The number of hydrogen-bond donors (Lipinski definition) is 0. The lowest BCUT2D eigenvalue weighted by molar-refractivity contribution is -0.156. The molecule has 1 aliphatic rings. The molecular formula is C16H26O6. The maximum absolute atomic E-state index is 12.0. The molecule has 0 unspecified atom stereocenters. The van der Waals surface area contributed by atoms with Gasteiger partial charge in [0.05, 0.1) is 13.0 Å². The van der Waals surface area contributed by atoms with E-state index in [1.54, 1.807) is 6.08 Å². The van der Waals surface area contributed by atoms with Crippen LogP contribution in [-0.4, -0.2) is 38.6 Å². The third kappa shape index (κ3) is 4.47. The van der Waals surface area contributed by atoms with Crippen molar-refractivity contribution in [3.63, 3.8) is 0 Å². The van der Waals surface area contributed by atoms with E-state index in [9.17, 15) is 9.59 Å². The van der Waals surface area contributed by atoms with E-state index in [0.29, 0.717) is 0 Å². The van der Waals surface area contributed by atoms with E-state index in [2.05, 4.69) is 0 Å². The van der Waals surface area contributed by atoms with Crippen LogP contribution in [-0.2, 0) is 28.5 Å². The van der Waals surface area contributed by atoms with Crippen LogP contribution >= 0.6 is 0 Å². The van der Waals surface area contributed by atoms with Crippen molar-refractivity contribution in [3.05, 3.63) is 11.8 Å². The van der Waals surface area contributed by atoms with E-state index in [1.807, 2.05) is 34.6 Å². The van der Waals surface area contributed by atoms with Gasteiger partial charge in [0.2, 0.25) is 5.76 Å². The molecule has 0 saturated heterocycles. The number of esters is 2. The molecule has 1 saturated carbocycles. The van der Waals surface area contributed by atoms with Crippen LogP contribution in [0.15, 0.2) is 11.8 Å². The van der Waals surface area contributed by atoms with Crippen LogP contribution in [0.1, 0.15) is 34.6 Å². The quantitative estimate of drug-likeness (QED) is 0.324. The lowest BCUT2D eigenvalue weighted by Crippen LogP contribution is -2.23. The average Bonchev–Trinajstić information content (AvgIpc) is 2.94. The van der Waals surface area contributed by atoms with Gasteiger partial charge in [0.1, 0.15) is 5.60 Å². The zero-order valence-corrected chi connectivity index (χ0v) is 14.4. The number of hydrogen-bond acceptors (Lipinski definition) is 6. The molecule has 6 heteroatoms.